The topological polar surface area (TPSA) is 34.2 Å². The Morgan fingerprint density at radius 1 is 1.17 bits per heavy atom. The first-order valence-corrected chi connectivity index (χ1v) is 8.45. The van der Waals surface area contributed by atoms with E-state index in [4.69, 9.17) is 14.2 Å². The quantitative estimate of drug-likeness (QED) is 0.803. The fraction of sp³-hybridized carbons (Fsp3) is 0.667. The normalized spacial score (nSPS) is 24.4. The summed E-state index contributed by atoms with van der Waals surface area (Å²) in [6.45, 7) is 5.12. The molecule has 0 bridgehead atoms. The van der Waals surface area contributed by atoms with Gasteiger partial charge >= 0.3 is 0 Å². The molecule has 2 atom stereocenters. The third kappa shape index (κ3) is 3.90. The molecular formula is C18H28N2O3. The van der Waals surface area contributed by atoms with Gasteiger partial charge in [-0.2, -0.15) is 0 Å². The number of benzene rings is 1. The van der Waals surface area contributed by atoms with Crippen molar-refractivity contribution in [2.75, 3.05) is 59.0 Å². The molecule has 23 heavy (non-hydrogen) atoms. The molecule has 0 amide bonds. The van der Waals surface area contributed by atoms with E-state index < -0.39 is 0 Å². The van der Waals surface area contributed by atoms with Crippen molar-refractivity contribution in [3.8, 4) is 11.5 Å². The van der Waals surface area contributed by atoms with E-state index >= 15 is 0 Å². The van der Waals surface area contributed by atoms with Gasteiger partial charge in [0.15, 0.2) is 0 Å². The molecular weight excluding hydrogens is 292 g/mol. The summed E-state index contributed by atoms with van der Waals surface area (Å²) in [7, 11) is 5.64. The molecule has 1 aromatic carbocycles. The third-order valence-electron chi connectivity index (χ3n) is 5.06. The molecule has 128 valence electrons. The molecule has 0 spiro atoms. The predicted octanol–water partition coefficient (Wildman–Crippen LogP) is 2.25. The average Bonchev–Trinajstić information content (AvgIpc) is 3.25. The highest BCUT2D eigenvalue weighted by atomic mass is 16.5. The molecule has 2 saturated heterocycles. The molecule has 0 aliphatic carbocycles. The van der Waals surface area contributed by atoms with E-state index in [0.29, 0.717) is 12.0 Å². The van der Waals surface area contributed by atoms with Crippen molar-refractivity contribution >= 4 is 5.69 Å². The first-order chi connectivity index (χ1) is 11.2. The minimum absolute atomic E-state index is 0.604. The Hall–Kier alpha value is -1.46. The molecule has 2 aliphatic heterocycles. The zero-order valence-corrected chi connectivity index (χ0v) is 14.5. The van der Waals surface area contributed by atoms with Crippen LogP contribution in [0.5, 0.6) is 11.5 Å². The van der Waals surface area contributed by atoms with Crippen molar-refractivity contribution in [1.82, 2.24) is 4.90 Å². The smallest absolute Gasteiger partial charge is 0.124 e. The number of rotatable bonds is 6. The Labute approximate surface area is 139 Å². The maximum absolute atomic E-state index is 5.50. The molecule has 5 heteroatoms. The van der Waals surface area contributed by atoms with Gasteiger partial charge in [0.25, 0.3) is 0 Å². The maximum atomic E-state index is 5.50. The molecule has 0 aromatic heterocycles. The molecule has 1 aromatic rings. The van der Waals surface area contributed by atoms with Gasteiger partial charge in [0.05, 0.1) is 20.8 Å². The molecule has 0 saturated carbocycles. The van der Waals surface area contributed by atoms with E-state index in [2.05, 4.69) is 29.0 Å². The van der Waals surface area contributed by atoms with Crippen LogP contribution in [-0.2, 0) is 4.74 Å². The summed E-state index contributed by atoms with van der Waals surface area (Å²) in [6, 6.07) is 6.71. The number of ether oxygens (including phenoxy) is 3. The van der Waals surface area contributed by atoms with Gasteiger partial charge in [0, 0.05) is 56.2 Å². The van der Waals surface area contributed by atoms with Crippen molar-refractivity contribution < 1.29 is 14.2 Å². The minimum Gasteiger partial charge on any atom is -0.497 e. The summed E-state index contributed by atoms with van der Waals surface area (Å²) in [4.78, 5) is 4.94. The Morgan fingerprint density at radius 3 is 2.52 bits per heavy atom. The Balaban J connectivity index is 1.62. The van der Waals surface area contributed by atoms with E-state index in [1.54, 1.807) is 14.2 Å². The SMILES string of the molecule is COc1cc(OC)cc(N2CC[C@@H](N(C)C[C@@H]3CCOC3)C2)c1. The molecule has 2 aliphatic rings. The number of hydrogen-bond donors (Lipinski definition) is 0. The average molecular weight is 320 g/mol. The monoisotopic (exact) mass is 320 g/mol. The molecule has 2 heterocycles. The maximum Gasteiger partial charge on any atom is 0.124 e. The highest BCUT2D eigenvalue weighted by Crippen LogP contribution is 2.31. The number of methoxy groups -OCH3 is 2. The van der Waals surface area contributed by atoms with Gasteiger partial charge in [-0.15, -0.1) is 0 Å². The number of likely N-dealkylation sites (N-methyl/N-ethyl adjacent to an activating group) is 1. The van der Waals surface area contributed by atoms with E-state index in [9.17, 15) is 0 Å². The number of hydrogen-bond acceptors (Lipinski definition) is 5. The first-order valence-electron chi connectivity index (χ1n) is 8.45. The zero-order chi connectivity index (χ0) is 16.2. The van der Waals surface area contributed by atoms with Crippen LogP contribution in [0, 0.1) is 5.92 Å². The van der Waals surface area contributed by atoms with Crippen molar-refractivity contribution in [2.45, 2.75) is 18.9 Å². The lowest BCUT2D eigenvalue weighted by Gasteiger charge is -2.27. The van der Waals surface area contributed by atoms with E-state index in [1.807, 2.05) is 6.07 Å². The summed E-state index contributed by atoms with van der Waals surface area (Å²) in [5.74, 6) is 2.39. The van der Waals surface area contributed by atoms with Crippen molar-refractivity contribution in [3.05, 3.63) is 18.2 Å². The van der Waals surface area contributed by atoms with Gasteiger partial charge in [-0.1, -0.05) is 0 Å². The standard InChI is InChI=1S/C18H28N2O3/c1-19(11-14-5-7-23-13-14)15-4-6-20(12-15)16-8-17(21-2)10-18(9-16)22-3/h8-10,14-15H,4-7,11-13H2,1-3H3/t14-,15+/m0/s1. The fourth-order valence-corrected chi connectivity index (χ4v) is 3.59. The first kappa shape index (κ1) is 16.4. The van der Waals surface area contributed by atoms with Gasteiger partial charge in [0.1, 0.15) is 11.5 Å². The summed E-state index contributed by atoms with van der Waals surface area (Å²) >= 11 is 0. The molecule has 2 fully saturated rings. The van der Waals surface area contributed by atoms with Crippen LogP contribution in [0.4, 0.5) is 5.69 Å². The number of anilines is 1. The van der Waals surface area contributed by atoms with Crippen LogP contribution in [0.3, 0.4) is 0 Å². The predicted molar refractivity (Wildman–Crippen MR) is 91.7 cm³/mol. The van der Waals surface area contributed by atoms with Gasteiger partial charge in [0.2, 0.25) is 0 Å². The second-order valence-corrected chi connectivity index (χ2v) is 6.63. The molecule has 0 N–H and O–H groups in total. The highest BCUT2D eigenvalue weighted by Gasteiger charge is 2.28. The molecule has 5 nitrogen and oxygen atoms in total. The Morgan fingerprint density at radius 2 is 1.91 bits per heavy atom. The molecule has 0 radical (unpaired) electrons. The van der Waals surface area contributed by atoms with Crippen LogP contribution in [0.25, 0.3) is 0 Å². The summed E-state index contributed by atoms with van der Waals surface area (Å²) in [5, 5.41) is 0. The molecule has 0 unspecified atom stereocenters. The van der Waals surface area contributed by atoms with E-state index in [1.165, 1.54) is 18.5 Å². The lowest BCUT2D eigenvalue weighted by molar-refractivity contribution is 0.164. The second-order valence-electron chi connectivity index (χ2n) is 6.63. The largest absolute Gasteiger partial charge is 0.497 e. The Kier molecular flexibility index (Phi) is 5.28. The molecule has 3 rings (SSSR count). The van der Waals surface area contributed by atoms with Gasteiger partial charge in [-0.05, 0) is 25.8 Å². The number of nitrogens with zero attached hydrogens (tertiary/aromatic N) is 2. The summed E-state index contributed by atoms with van der Waals surface area (Å²) in [6.07, 6.45) is 2.40. The van der Waals surface area contributed by atoms with Crippen LogP contribution in [0.2, 0.25) is 0 Å². The lowest BCUT2D eigenvalue weighted by atomic mass is 10.1. The third-order valence-corrected chi connectivity index (χ3v) is 5.06. The highest BCUT2D eigenvalue weighted by molar-refractivity contribution is 5.56. The van der Waals surface area contributed by atoms with Crippen LogP contribution < -0.4 is 14.4 Å². The van der Waals surface area contributed by atoms with Crippen molar-refractivity contribution in [1.29, 1.82) is 0 Å². The van der Waals surface area contributed by atoms with E-state index in [-0.39, 0.29) is 0 Å². The van der Waals surface area contributed by atoms with Crippen LogP contribution >= 0.6 is 0 Å². The van der Waals surface area contributed by atoms with Gasteiger partial charge in [-0.25, -0.2) is 0 Å². The van der Waals surface area contributed by atoms with Crippen LogP contribution in [-0.4, -0.2) is 65.1 Å². The zero-order valence-electron chi connectivity index (χ0n) is 14.5. The minimum atomic E-state index is 0.604. The Bertz CT molecular complexity index is 495. The van der Waals surface area contributed by atoms with Crippen molar-refractivity contribution in [3.63, 3.8) is 0 Å². The van der Waals surface area contributed by atoms with E-state index in [0.717, 1.165) is 44.3 Å². The van der Waals surface area contributed by atoms with Crippen molar-refractivity contribution in [2.24, 2.45) is 5.92 Å². The summed E-state index contributed by atoms with van der Waals surface area (Å²) in [5.41, 5.74) is 1.18. The van der Waals surface area contributed by atoms with Crippen LogP contribution in [0.15, 0.2) is 18.2 Å². The second kappa shape index (κ2) is 7.41. The summed E-state index contributed by atoms with van der Waals surface area (Å²) < 4.78 is 16.3. The van der Waals surface area contributed by atoms with Gasteiger partial charge < -0.3 is 24.0 Å². The lowest BCUT2D eigenvalue weighted by Crippen LogP contribution is -2.37. The fourth-order valence-electron chi connectivity index (χ4n) is 3.59. The van der Waals surface area contributed by atoms with Gasteiger partial charge in [-0.3, -0.25) is 0 Å². The van der Waals surface area contributed by atoms with Crippen LogP contribution in [0.1, 0.15) is 12.8 Å².